The van der Waals surface area contributed by atoms with E-state index in [-0.39, 0.29) is 6.42 Å². The van der Waals surface area contributed by atoms with Crippen LogP contribution in [0.5, 0.6) is 0 Å². The zero-order chi connectivity index (χ0) is 8.48. The summed E-state index contributed by atoms with van der Waals surface area (Å²) in [4.78, 5) is 10.6. The van der Waals surface area contributed by atoms with Gasteiger partial charge in [0.15, 0.2) is 0 Å². The molecule has 1 N–H and O–H groups in total. The molecule has 1 amide bonds. The molecule has 0 saturated carbocycles. The highest BCUT2D eigenvalue weighted by atomic mass is 19.4. The number of nitrogens with one attached hydrogen (secondary N) is 1. The molecule has 1 aliphatic heterocycles. The van der Waals surface area contributed by atoms with Gasteiger partial charge < -0.3 is 5.32 Å². The molecule has 0 aromatic rings. The minimum atomic E-state index is -4.42. The molecule has 1 rings (SSSR count). The van der Waals surface area contributed by atoms with Crippen molar-refractivity contribution >= 4 is 5.91 Å². The fourth-order valence-electron chi connectivity index (χ4n) is 0.835. The first kappa shape index (κ1) is 8.10. The van der Waals surface area contributed by atoms with Gasteiger partial charge in [-0.1, -0.05) is 6.08 Å². The van der Waals surface area contributed by atoms with Crippen molar-refractivity contribution in [3.63, 3.8) is 0 Å². The molecule has 0 aliphatic carbocycles. The molecule has 2 nitrogen and oxygen atoms in total. The van der Waals surface area contributed by atoms with Gasteiger partial charge in [0, 0.05) is 0 Å². The molecular weight excluding hydrogens is 159 g/mol. The van der Waals surface area contributed by atoms with Crippen molar-refractivity contribution in [2.75, 3.05) is 0 Å². The molecule has 0 aromatic carbocycles. The van der Waals surface area contributed by atoms with Gasteiger partial charge in [0.2, 0.25) is 5.91 Å². The van der Waals surface area contributed by atoms with E-state index in [1.165, 1.54) is 12.3 Å². The summed E-state index contributed by atoms with van der Waals surface area (Å²) in [5.74, 6) is -2.84. The maximum Gasteiger partial charge on any atom is 0.400 e. The second kappa shape index (κ2) is 2.56. The summed E-state index contributed by atoms with van der Waals surface area (Å²) in [6.07, 6.45) is -2.16. The van der Waals surface area contributed by atoms with Gasteiger partial charge in [-0.15, -0.1) is 0 Å². The summed E-state index contributed by atoms with van der Waals surface area (Å²) in [5, 5.41) is 2.00. The average Bonchev–Trinajstić information content (AvgIpc) is 1.86. The van der Waals surface area contributed by atoms with Gasteiger partial charge in [-0.25, -0.2) is 0 Å². The summed E-state index contributed by atoms with van der Waals surface area (Å²) < 4.78 is 35.7. The summed E-state index contributed by atoms with van der Waals surface area (Å²) in [5.41, 5.74) is 0. The number of hydrogen-bond acceptors (Lipinski definition) is 1. The first-order valence-electron chi connectivity index (χ1n) is 3.04. The van der Waals surface area contributed by atoms with Crippen molar-refractivity contribution in [1.29, 1.82) is 0 Å². The van der Waals surface area contributed by atoms with Gasteiger partial charge in [0.25, 0.3) is 0 Å². The number of halogens is 3. The normalized spacial score (nSPS) is 25.0. The van der Waals surface area contributed by atoms with E-state index in [1.54, 1.807) is 0 Å². The van der Waals surface area contributed by atoms with Crippen LogP contribution in [0.25, 0.3) is 0 Å². The Labute approximate surface area is 61.1 Å². The summed E-state index contributed by atoms with van der Waals surface area (Å²) in [6.45, 7) is 0. The van der Waals surface area contributed by atoms with E-state index in [2.05, 4.69) is 0 Å². The third-order valence-corrected chi connectivity index (χ3v) is 1.43. The Balaban J connectivity index is 2.72. The van der Waals surface area contributed by atoms with E-state index < -0.39 is 18.0 Å². The monoisotopic (exact) mass is 165 g/mol. The second-order valence-electron chi connectivity index (χ2n) is 2.24. The lowest BCUT2D eigenvalue weighted by Crippen LogP contribution is -2.39. The van der Waals surface area contributed by atoms with Crippen molar-refractivity contribution in [1.82, 2.24) is 5.32 Å². The molecule has 0 bridgehead atoms. The maximum atomic E-state index is 11.9. The Morgan fingerprint density at radius 3 is 2.55 bits per heavy atom. The van der Waals surface area contributed by atoms with Crippen molar-refractivity contribution in [3.05, 3.63) is 12.3 Å². The second-order valence-corrected chi connectivity index (χ2v) is 2.24. The lowest BCUT2D eigenvalue weighted by atomic mass is 10.0. The van der Waals surface area contributed by atoms with Gasteiger partial charge in [-0.2, -0.15) is 13.2 Å². The van der Waals surface area contributed by atoms with Crippen LogP contribution in [-0.2, 0) is 4.79 Å². The Bertz CT molecular complexity index is 196. The lowest BCUT2D eigenvalue weighted by Gasteiger charge is -2.19. The molecule has 0 aromatic heterocycles. The minimum absolute atomic E-state index is 0.255. The highest BCUT2D eigenvalue weighted by Crippen LogP contribution is 2.30. The fourth-order valence-corrected chi connectivity index (χ4v) is 0.835. The van der Waals surface area contributed by atoms with Crippen molar-refractivity contribution in [2.24, 2.45) is 5.92 Å². The van der Waals surface area contributed by atoms with Crippen LogP contribution in [0.1, 0.15) is 6.42 Å². The molecule has 0 saturated heterocycles. The number of hydrogen-bond donors (Lipinski definition) is 1. The van der Waals surface area contributed by atoms with Crippen molar-refractivity contribution in [2.45, 2.75) is 12.6 Å². The van der Waals surface area contributed by atoms with Crippen LogP contribution in [0, 0.1) is 5.92 Å². The van der Waals surface area contributed by atoms with Crippen molar-refractivity contribution < 1.29 is 18.0 Å². The largest absolute Gasteiger partial charge is 0.400 e. The highest BCUT2D eigenvalue weighted by molar-refractivity contribution is 5.81. The molecule has 11 heavy (non-hydrogen) atoms. The molecule has 1 heterocycles. The van der Waals surface area contributed by atoms with Gasteiger partial charge in [-0.3, -0.25) is 4.79 Å². The first-order chi connectivity index (χ1) is 5.02. The summed E-state index contributed by atoms with van der Waals surface area (Å²) in [6, 6.07) is 0. The molecule has 1 unspecified atom stereocenters. The van der Waals surface area contributed by atoms with Gasteiger partial charge in [0.1, 0.15) is 5.92 Å². The number of carbonyl (C=O) groups is 1. The van der Waals surface area contributed by atoms with Crippen LogP contribution in [0.15, 0.2) is 12.3 Å². The Morgan fingerprint density at radius 1 is 1.55 bits per heavy atom. The van der Waals surface area contributed by atoms with Crippen LogP contribution < -0.4 is 5.32 Å². The van der Waals surface area contributed by atoms with Crippen LogP contribution in [-0.4, -0.2) is 12.1 Å². The highest BCUT2D eigenvalue weighted by Gasteiger charge is 2.44. The molecule has 0 spiro atoms. The predicted octanol–water partition coefficient (Wildman–Crippen LogP) is 1.20. The smallest absolute Gasteiger partial charge is 0.332 e. The Kier molecular flexibility index (Phi) is 1.89. The number of allylic oxidation sites excluding steroid dienone is 1. The van der Waals surface area contributed by atoms with Gasteiger partial charge in [0.05, 0.1) is 0 Å². The van der Waals surface area contributed by atoms with E-state index in [1.807, 2.05) is 5.32 Å². The van der Waals surface area contributed by atoms with Crippen LogP contribution in [0.2, 0.25) is 0 Å². The Hall–Kier alpha value is -1.00. The zero-order valence-electron chi connectivity index (χ0n) is 5.48. The number of carbonyl (C=O) groups excluding carboxylic acids is 1. The third kappa shape index (κ3) is 1.72. The van der Waals surface area contributed by atoms with Gasteiger partial charge in [-0.05, 0) is 12.6 Å². The molecule has 62 valence electrons. The Morgan fingerprint density at radius 2 is 2.18 bits per heavy atom. The van der Waals surface area contributed by atoms with Crippen LogP contribution in [0.3, 0.4) is 0 Å². The number of amides is 1. The SMILES string of the molecule is O=C1NC=CCC1C(F)(F)F. The number of rotatable bonds is 0. The first-order valence-corrected chi connectivity index (χ1v) is 3.04. The molecular formula is C6H6F3NO. The molecule has 1 aliphatic rings. The third-order valence-electron chi connectivity index (χ3n) is 1.43. The van der Waals surface area contributed by atoms with Crippen LogP contribution in [0.4, 0.5) is 13.2 Å². The predicted molar refractivity (Wildman–Crippen MR) is 31.4 cm³/mol. The minimum Gasteiger partial charge on any atom is -0.332 e. The standard InChI is InChI=1S/C6H6F3NO/c7-6(8,9)4-2-1-3-10-5(4)11/h1,3-4H,2H2,(H,10,11). The summed E-state index contributed by atoms with van der Waals surface area (Å²) in [7, 11) is 0. The molecule has 5 heteroatoms. The molecule has 0 radical (unpaired) electrons. The zero-order valence-corrected chi connectivity index (χ0v) is 5.48. The molecule has 0 fully saturated rings. The van der Waals surface area contributed by atoms with Gasteiger partial charge >= 0.3 is 6.18 Å². The average molecular weight is 165 g/mol. The van der Waals surface area contributed by atoms with E-state index in [9.17, 15) is 18.0 Å². The summed E-state index contributed by atoms with van der Waals surface area (Å²) >= 11 is 0. The van der Waals surface area contributed by atoms with E-state index >= 15 is 0 Å². The quantitative estimate of drug-likeness (QED) is 0.574. The van der Waals surface area contributed by atoms with E-state index in [4.69, 9.17) is 0 Å². The lowest BCUT2D eigenvalue weighted by molar-refractivity contribution is -0.182. The topological polar surface area (TPSA) is 29.1 Å². The molecule has 1 atom stereocenters. The van der Waals surface area contributed by atoms with Crippen LogP contribution >= 0.6 is 0 Å². The van der Waals surface area contributed by atoms with Crippen molar-refractivity contribution in [3.8, 4) is 0 Å². The number of alkyl halides is 3. The van der Waals surface area contributed by atoms with E-state index in [0.29, 0.717) is 0 Å². The van der Waals surface area contributed by atoms with E-state index in [0.717, 1.165) is 0 Å². The fraction of sp³-hybridized carbons (Fsp3) is 0.500. The maximum absolute atomic E-state index is 11.9.